The Morgan fingerprint density at radius 2 is 1.96 bits per heavy atom. The Labute approximate surface area is 145 Å². The molecule has 4 aromatic heterocycles. The van der Waals surface area contributed by atoms with Crippen molar-refractivity contribution in [1.82, 2.24) is 19.5 Å². The van der Waals surface area contributed by atoms with Gasteiger partial charge < -0.3 is 14.3 Å². The molecule has 0 radical (unpaired) electrons. The Bertz CT molecular complexity index is 1030. The molecule has 4 aromatic rings. The van der Waals surface area contributed by atoms with E-state index in [-0.39, 0.29) is 0 Å². The third-order valence-electron chi connectivity index (χ3n) is 4.43. The first-order chi connectivity index (χ1) is 12.1. The van der Waals surface area contributed by atoms with Gasteiger partial charge in [0.2, 0.25) is 0 Å². The van der Waals surface area contributed by atoms with E-state index in [1.807, 2.05) is 37.3 Å². The molecule has 0 bridgehead atoms. The van der Waals surface area contributed by atoms with Gasteiger partial charge in [0.1, 0.15) is 29.4 Å². The van der Waals surface area contributed by atoms with Crippen LogP contribution in [-0.4, -0.2) is 19.5 Å². The number of aromatic nitrogens is 4. The van der Waals surface area contributed by atoms with Gasteiger partial charge in [0.25, 0.3) is 0 Å². The Kier molecular flexibility index (Phi) is 3.72. The average Bonchev–Trinajstić information content (AvgIpc) is 3.19. The highest BCUT2D eigenvalue weighted by molar-refractivity contribution is 5.93. The number of anilines is 2. The van der Waals surface area contributed by atoms with Crippen molar-refractivity contribution in [3.05, 3.63) is 65.6 Å². The highest BCUT2D eigenvalue weighted by Crippen LogP contribution is 2.30. The van der Waals surface area contributed by atoms with Crippen LogP contribution in [0.15, 0.2) is 47.3 Å². The number of aryl methyl sites for hydroxylation is 2. The van der Waals surface area contributed by atoms with E-state index >= 15 is 0 Å². The first-order valence-electron chi connectivity index (χ1n) is 8.17. The summed E-state index contributed by atoms with van der Waals surface area (Å²) in [4.78, 5) is 13.5. The van der Waals surface area contributed by atoms with Crippen LogP contribution in [0.4, 0.5) is 11.6 Å². The van der Waals surface area contributed by atoms with Gasteiger partial charge in [-0.15, -0.1) is 0 Å². The minimum Gasteiger partial charge on any atom is -0.467 e. The van der Waals surface area contributed by atoms with Crippen molar-refractivity contribution in [2.24, 2.45) is 0 Å². The minimum absolute atomic E-state index is 0.641. The second-order valence-corrected chi connectivity index (χ2v) is 6.09. The Morgan fingerprint density at radius 3 is 2.72 bits per heavy atom. The van der Waals surface area contributed by atoms with Crippen LogP contribution in [0.25, 0.3) is 11.0 Å². The van der Waals surface area contributed by atoms with Gasteiger partial charge in [-0.2, -0.15) is 0 Å². The number of furan rings is 1. The third kappa shape index (κ3) is 2.76. The lowest BCUT2D eigenvalue weighted by atomic mass is 10.2. The van der Waals surface area contributed by atoms with Gasteiger partial charge in [0.15, 0.2) is 0 Å². The lowest BCUT2D eigenvalue weighted by molar-refractivity contribution is 0.494. The molecule has 0 saturated carbocycles. The van der Waals surface area contributed by atoms with Gasteiger partial charge in [-0.3, -0.25) is 0 Å². The van der Waals surface area contributed by atoms with Crippen LogP contribution in [-0.2, 0) is 6.54 Å². The lowest BCUT2D eigenvalue weighted by Gasteiger charge is -2.08. The van der Waals surface area contributed by atoms with Crippen LogP contribution < -0.4 is 5.32 Å². The van der Waals surface area contributed by atoms with E-state index in [4.69, 9.17) is 4.42 Å². The molecule has 0 unspecified atom stereocenters. The van der Waals surface area contributed by atoms with Crippen LogP contribution in [0.3, 0.4) is 0 Å². The molecule has 0 atom stereocenters. The standard InChI is InChI=1S/C19H19N5O/c1-12-6-4-8-16(22-12)23-18-17-13(2)14(3)24(19(17)21-11-20-18)10-15-7-5-9-25-15/h4-9,11H,10H2,1-3H3,(H,20,21,22,23). The second-order valence-electron chi connectivity index (χ2n) is 6.09. The highest BCUT2D eigenvalue weighted by Gasteiger charge is 2.17. The normalized spacial score (nSPS) is 11.2. The SMILES string of the molecule is Cc1cccc(Nc2ncnc3c2c(C)c(C)n3Cc2ccco2)n1. The molecule has 0 saturated heterocycles. The average molecular weight is 333 g/mol. The molecular weight excluding hydrogens is 314 g/mol. The number of hydrogen-bond acceptors (Lipinski definition) is 5. The maximum absolute atomic E-state index is 5.50. The van der Waals surface area contributed by atoms with E-state index in [0.29, 0.717) is 6.54 Å². The monoisotopic (exact) mass is 333 g/mol. The van der Waals surface area contributed by atoms with Crippen molar-refractivity contribution in [2.45, 2.75) is 27.3 Å². The number of rotatable bonds is 4. The Hall–Kier alpha value is -3.15. The topological polar surface area (TPSA) is 68.8 Å². The Morgan fingerprint density at radius 1 is 1.08 bits per heavy atom. The second kappa shape index (κ2) is 6.05. The summed E-state index contributed by atoms with van der Waals surface area (Å²) in [6, 6.07) is 9.74. The van der Waals surface area contributed by atoms with Crippen molar-refractivity contribution in [1.29, 1.82) is 0 Å². The molecule has 0 spiro atoms. The first kappa shape index (κ1) is 15.4. The molecule has 126 valence electrons. The number of nitrogens with zero attached hydrogens (tertiary/aromatic N) is 4. The van der Waals surface area contributed by atoms with Crippen LogP contribution in [0.1, 0.15) is 22.7 Å². The molecule has 0 aliphatic rings. The fourth-order valence-electron chi connectivity index (χ4n) is 3.05. The van der Waals surface area contributed by atoms with Gasteiger partial charge in [0.05, 0.1) is 18.2 Å². The lowest BCUT2D eigenvalue weighted by Crippen LogP contribution is -2.03. The summed E-state index contributed by atoms with van der Waals surface area (Å²) >= 11 is 0. The quantitative estimate of drug-likeness (QED) is 0.608. The van der Waals surface area contributed by atoms with E-state index in [0.717, 1.165) is 45.4 Å². The molecule has 25 heavy (non-hydrogen) atoms. The van der Waals surface area contributed by atoms with Crippen molar-refractivity contribution in [3.8, 4) is 0 Å². The van der Waals surface area contributed by atoms with Gasteiger partial charge in [-0.05, 0) is 50.6 Å². The number of pyridine rings is 1. The first-order valence-corrected chi connectivity index (χ1v) is 8.17. The molecule has 4 rings (SSSR count). The minimum atomic E-state index is 0.641. The molecule has 0 fully saturated rings. The predicted molar refractivity (Wildman–Crippen MR) is 97.1 cm³/mol. The Balaban J connectivity index is 1.81. The van der Waals surface area contributed by atoms with Gasteiger partial charge in [-0.1, -0.05) is 6.07 Å². The summed E-state index contributed by atoms with van der Waals surface area (Å²) in [5.74, 6) is 2.44. The fraction of sp³-hybridized carbons (Fsp3) is 0.211. The van der Waals surface area contributed by atoms with Gasteiger partial charge >= 0.3 is 0 Å². The summed E-state index contributed by atoms with van der Waals surface area (Å²) < 4.78 is 7.65. The van der Waals surface area contributed by atoms with E-state index < -0.39 is 0 Å². The molecule has 6 nitrogen and oxygen atoms in total. The smallest absolute Gasteiger partial charge is 0.146 e. The van der Waals surface area contributed by atoms with E-state index in [1.165, 1.54) is 0 Å². The van der Waals surface area contributed by atoms with Crippen molar-refractivity contribution >= 4 is 22.7 Å². The van der Waals surface area contributed by atoms with Crippen molar-refractivity contribution in [2.75, 3.05) is 5.32 Å². The molecule has 1 N–H and O–H groups in total. The van der Waals surface area contributed by atoms with Gasteiger partial charge in [-0.25, -0.2) is 15.0 Å². The summed E-state index contributed by atoms with van der Waals surface area (Å²) in [5, 5.41) is 4.34. The fourth-order valence-corrected chi connectivity index (χ4v) is 3.05. The number of fused-ring (bicyclic) bond motifs is 1. The van der Waals surface area contributed by atoms with Crippen LogP contribution >= 0.6 is 0 Å². The number of nitrogens with one attached hydrogen (secondary N) is 1. The molecule has 6 heteroatoms. The maximum Gasteiger partial charge on any atom is 0.146 e. The summed E-state index contributed by atoms with van der Waals surface area (Å²) in [5.41, 5.74) is 4.14. The molecule has 4 heterocycles. The number of hydrogen-bond donors (Lipinski definition) is 1. The largest absolute Gasteiger partial charge is 0.467 e. The van der Waals surface area contributed by atoms with E-state index in [1.54, 1.807) is 12.6 Å². The van der Waals surface area contributed by atoms with Crippen LogP contribution in [0.2, 0.25) is 0 Å². The van der Waals surface area contributed by atoms with Crippen molar-refractivity contribution in [3.63, 3.8) is 0 Å². The molecule has 0 aromatic carbocycles. The third-order valence-corrected chi connectivity index (χ3v) is 4.43. The molecule has 0 amide bonds. The summed E-state index contributed by atoms with van der Waals surface area (Å²) in [6.07, 6.45) is 3.27. The van der Waals surface area contributed by atoms with Crippen LogP contribution in [0.5, 0.6) is 0 Å². The van der Waals surface area contributed by atoms with Crippen LogP contribution in [0, 0.1) is 20.8 Å². The van der Waals surface area contributed by atoms with E-state index in [9.17, 15) is 0 Å². The molecular formula is C19H19N5O. The summed E-state index contributed by atoms with van der Waals surface area (Å²) in [7, 11) is 0. The van der Waals surface area contributed by atoms with Crippen molar-refractivity contribution < 1.29 is 4.42 Å². The summed E-state index contributed by atoms with van der Waals surface area (Å²) in [6.45, 7) is 6.79. The zero-order valence-corrected chi connectivity index (χ0v) is 14.4. The zero-order valence-electron chi connectivity index (χ0n) is 14.4. The maximum atomic E-state index is 5.50. The highest BCUT2D eigenvalue weighted by atomic mass is 16.3. The van der Waals surface area contributed by atoms with E-state index in [2.05, 4.69) is 38.7 Å². The van der Waals surface area contributed by atoms with Gasteiger partial charge in [0, 0.05) is 11.4 Å². The predicted octanol–water partition coefficient (Wildman–Crippen LogP) is 4.14. The zero-order chi connectivity index (χ0) is 17.4. The molecule has 0 aliphatic carbocycles. The molecule has 0 aliphatic heterocycles.